The highest BCUT2D eigenvalue weighted by Crippen LogP contribution is 2.14. The van der Waals surface area contributed by atoms with Gasteiger partial charge in [0.15, 0.2) is 5.96 Å². The summed E-state index contributed by atoms with van der Waals surface area (Å²) >= 11 is 0. The Hall–Kier alpha value is -2.41. The summed E-state index contributed by atoms with van der Waals surface area (Å²) in [5.74, 6) is 0.775. The highest BCUT2D eigenvalue weighted by atomic mass is 16.5. The van der Waals surface area contributed by atoms with E-state index in [4.69, 9.17) is 9.73 Å². The number of aliphatic imine (C=N–C) groups is 1. The van der Waals surface area contributed by atoms with Gasteiger partial charge >= 0.3 is 0 Å². The average molecular weight is 344 g/mol. The summed E-state index contributed by atoms with van der Waals surface area (Å²) in [6.45, 7) is 9.59. The normalized spacial score (nSPS) is 11.6. The Balaban J connectivity index is 2.04. The second-order valence-corrected chi connectivity index (χ2v) is 5.74. The third kappa shape index (κ3) is 5.56. The summed E-state index contributed by atoms with van der Waals surface area (Å²) < 4.78 is 7.12. The van der Waals surface area contributed by atoms with E-state index in [-0.39, 0.29) is 0 Å². The lowest BCUT2D eigenvalue weighted by molar-refractivity contribution is 0.182. The van der Waals surface area contributed by atoms with Crippen molar-refractivity contribution in [1.82, 2.24) is 25.4 Å². The highest BCUT2D eigenvalue weighted by Gasteiger charge is 2.11. The Morgan fingerprint density at radius 3 is 2.80 bits per heavy atom. The van der Waals surface area contributed by atoms with E-state index in [2.05, 4.69) is 34.6 Å². The summed E-state index contributed by atoms with van der Waals surface area (Å²) in [7, 11) is 1.70. The molecule has 25 heavy (non-hydrogen) atoms. The Morgan fingerprint density at radius 1 is 1.28 bits per heavy atom. The largest absolute Gasteiger partial charge is 0.383 e. The van der Waals surface area contributed by atoms with Gasteiger partial charge in [-0.05, 0) is 32.9 Å². The molecule has 0 atom stereocenters. The van der Waals surface area contributed by atoms with Crippen molar-refractivity contribution in [1.29, 1.82) is 0 Å². The molecule has 0 radical (unpaired) electrons. The number of nitrogens with zero attached hydrogens (tertiary/aromatic N) is 4. The Labute approximate surface area is 149 Å². The Morgan fingerprint density at radius 2 is 2.12 bits per heavy atom. The lowest BCUT2D eigenvalue weighted by atomic mass is 10.2. The molecule has 0 saturated carbocycles. The van der Waals surface area contributed by atoms with Gasteiger partial charge in [-0.2, -0.15) is 5.10 Å². The van der Waals surface area contributed by atoms with Gasteiger partial charge in [0.1, 0.15) is 0 Å². The van der Waals surface area contributed by atoms with Crippen LogP contribution in [0.1, 0.15) is 29.6 Å². The molecule has 7 nitrogen and oxygen atoms in total. The van der Waals surface area contributed by atoms with Gasteiger partial charge < -0.3 is 15.4 Å². The fourth-order valence-corrected chi connectivity index (χ4v) is 2.54. The first-order valence-electron chi connectivity index (χ1n) is 8.59. The van der Waals surface area contributed by atoms with Crippen molar-refractivity contribution >= 4 is 5.96 Å². The molecule has 7 heteroatoms. The van der Waals surface area contributed by atoms with E-state index in [1.807, 2.05) is 29.8 Å². The number of hydrogen-bond donors (Lipinski definition) is 2. The van der Waals surface area contributed by atoms with E-state index >= 15 is 0 Å². The van der Waals surface area contributed by atoms with Crippen LogP contribution in [0.5, 0.6) is 0 Å². The second kappa shape index (κ2) is 9.78. The Bertz CT molecular complexity index is 680. The van der Waals surface area contributed by atoms with Crippen molar-refractivity contribution in [3.8, 4) is 0 Å². The first kappa shape index (κ1) is 18.9. The standard InChI is InChI=1S/C18H28N6O/c1-5-19-18(21-12-16-8-6-7-9-20-16)22-13-17-14(2)23-24(15(17)3)10-11-25-4/h6-9H,5,10-13H2,1-4H3,(H2,19,21,22). The molecule has 2 rings (SSSR count). The van der Waals surface area contributed by atoms with Gasteiger partial charge in [-0.15, -0.1) is 0 Å². The zero-order chi connectivity index (χ0) is 18.1. The van der Waals surface area contributed by atoms with Gasteiger partial charge in [-0.3, -0.25) is 9.67 Å². The van der Waals surface area contributed by atoms with Crippen LogP contribution in [0.15, 0.2) is 29.4 Å². The number of nitrogens with one attached hydrogen (secondary N) is 2. The molecule has 136 valence electrons. The van der Waals surface area contributed by atoms with Crippen LogP contribution >= 0.6 is 0 Å². The molecule has 2 aromatic heterocycles. The molecule has 0 aliphatic rings. The predicted octanol–water partition coefficient (Wildman–Crippen LogP) is 1.80. The molecular weight excluding hydrogens is 316 g/mol. The zero-order valence-corrected chi connectivity index (χ0v) is 15.5. The van der Waals surface area contributed by atoms with E-state index < -0.39 is 0 Å². The van der Waals surface area contributed by atoms with Gasteiger partial charge in [0.05, 0.1) is 37.6 Å². The highest BCUT2D eigenvalue weighted by molar-refractivity contribution is 5.79. The van der Waals surface area contributed by atoms with E-state index in [9.17, 15) is 0 Å². The molecule has 0 spiro atoms. The van der Waals surface area contributed by atoms with E-state index in [0.29, 0.717) is 19.7 Å². The van der Waals surface area contributed by atoms with Crippen molar-refractivity contribution in [3.05, 3.63) is 47.0 Å². The third-order valence-corrected chi connectivity index (χ3v) is 3.94. The first-order chi connectivity index (χ1) is 12.2. The number of aromatic nitrogens is 3. The minimum Gasteiger partial charge on any atom is -0.383 e. The monoisotopic (exact) mass is 344 g/mol. The minimum atomic E-state index is 0.586. The van der Waals surface area contributed by atoms with Gasteiger partial charge in [-0.25, -0.2) is 4.99 Å². The van der Waals surface area contributed by atoms with Gasteiger partial charge in [0.2, 0.25) is 0 Å². The molecule has 0 fully saturated rings. The Kier molecular flexibility index (Phi) is 7.40. The summed E-state index contributed by atoms with van der Waals surface area (Å²) in [6, 6.07) is 5.88. The summed E-state index contributed by atoms with van der Waals surface area (Å²) in [5, 5.41) is 11.2. The molecule has 2 aromatic rings. The molecule has 2 N–H and O–H groups in total. The molecule has 0 bridgehead atoms. The number of pyridine rings is 1. The van der Waals surface area contributed by atoms with Crippen LogP contribution < -0.4 is 10.6 Å². The van der Waals surface area contributed by atoms with Crippen molar-refractivity contribution in [2.24, 2.45) is 4.99 Å². The smallest absolute Gasteiger partial charge is 0.191 e. The van der Waals surface area contributed by atoms with Crippen LogP contribution in [0, 0.1) is 13.8 Å². The topological polar surface area (TPSA) is 76.4 Å². The number of hydrogen-bond acceptors (Lipinski definition) is 4. The van der Waals surface area contributed by atoms with Crippen molar-refractivity contribution in [3.63, 3.8) is 0 Å². The molecule has 0 saturated heterocycles. The zero-order valence-electron chi connectivity index (χ0n) is 15.5. The SMILES string of the molecule is CCNC(=NCc1c(C)nn(CCOC)c1C)NCc1ccccn1. The number of methoxy groups -OCH3 is 1. The maximum atomic E-state index is 5.14. The average Bonchev–Trinajstić information content (AvgIpc) is 2.90. The maximum Gasteiger partial charge on any atom is 0.191 e. The molecule has 0 unspecified atom stereocenters. The molecule has 0 aliphatic heterocycles. The number of rotatable bonds is 8. The van der Waals surface area contributed by atoms with E-state index in [0.717, 1.165) is 41.7 Å². The van der Waals surface area contributed by atoms with Crippen LogP contribution in [0.25, 0.3) is 0 Å². The van der Waals surface area contributed by atoms with Crippen LogP contribution in [-0.4, -0.2) is 41.0 Å². The fraction of sp³-hybridized carbons (Fsp3) is 0.500. The quantitative estimate of drug-likeness (QED) is 0.564. The van der Waals surface area contributed by atoms with Crippen molar-refractivity contribution in [2.45, 2.75) is 40.4 Å². The van der Waals surface area contributed by atoms with E-state index in [1.165, 1.54) is 0 Å². The molecular formula is C18H28N6O. The number of guanidine groups is 1. The minimum absolute atomic E-state index is 0.586. The van der Waals surface area contributed by atoms with Crippen LogP contribution in [-0.2, 0) is 24.4 Å². The molecule has 2 heterocycles. The van der Waals surface area contributed by atoms with Crippen molar-refractivity contribution < 1.29 is 4.74 Å². The molecule has 0 aromatic carbocycles. The predicted molar refractivity (Wildman–Crippen MR) is 99.5 cm³/mol. The van der Waals surface area contributed by atoms with Crippen molar-refractivity contribution in [2.75, 3.05) is 20.3 Å². The second-order valence-electron chi connectivity index (χ2n) is 5.74. The lowest BCUT2D eigenvalue weighted by Crippen LogP contribution is -2.37. The van der Waals surface area contributed by atoms with Crippen LogP contribution in [0.3, 0.4) is 0 Å². The van der Waals surface area contributed by atoms with Gasteiger partial charge in [0.25, 0.3) is 0 Å². The molecule has 0 amide bonds. The third-order valence-electron chi connectivity index (χ3n) is 3.94. The summed E-state index contributed by atoms with van der Waals surface area (Å²) in [4.78, 5) is 9.01. The number of ether oxygens (including phenoxy) is 1. The number of aryl methyl sites for hydroxylation is 1. The molecule has 0 aliphatic carbocycles. The summed E-state index contributed by atoms with van der Waals surface area (Å²) in [6.07, 6.45) is 1.79. The van der Waals surface area contributed by atoms with Gasteiger partial charge in [0, 0.05) is 31.1 Å². The van der Waals surface area contributed by atoms with Gasteiger partial charge in [-0.1, -0.05) is 6.07 Å². The maximum absolute atomic E-state index is 5.14. The summed E-state index contributed by atoms with van der Waals surface area (Å²) in [5.41, 5.74) is 4.29. The van der Waals surface area contributed by atoms with Crippen LogP contribution in [0.2, 0.25) is 0 Å². The fourth-order valence-electron chi connectivity index (χ4n) is 2.54. The van der Waals surface area contributed by atoms with Crippen LogP contribution in [0.4, 0.5) is 0 Å². The van der Waals surface area contributed by atoms with E-state index in [1.54, 1.807) is 13.3 Å². The first-order valence-corrected chi connectivity index (χ1v) is 8.59. The lowest BCUT2D eigenvalue weighted by Gasteiger charge is -2.11.